The molecule has 4 nitrogen and oxygen atoms in total. The number of methoxy groups -OCH3 is 1. The molecule has 0 aromatic heterocycles. The second kappa shape index (κ2) is 5.08. The summed E-state index contributed by atoms with van der Waals surface area (Å²) in [5, 5.41) is 5.67. The Balaban J connectivity index is 1.88. The van der Waals surface area contributed by atoms with E-state index in [0.717, 1.165) is 23.5 Å². The lowest BCUT2D eigenvalue weighted by Gasteiger charge is -2.09. The number of carbonyl (C=O) groups is 1. The van der Waals surface area contributed by atoms with Crippen LogP contribution in [0.3, 0.4) is 0 Å². The van der Waals surface area contributed by atoms with Crippen LogP contribution in [0.4, 0.5) is 10.5 Å². The Morgan fingerprint density at radius 1 is 1.47 bits per heavy atom. The van der Waals surface area contributed by atoms with Gasteiger partial charge in [-0.15, -0.1) is 0 Å². The summed E-state index contributed by atoms with van der Waals surface area (Å²) < 4.78 is 5.16. The number of hydrogen-bond donors (Lipinski definition) is 2. The zero-order chi connectivity index (χ0) is 12.3. The third-order valence-electron chi connectivity index (χ3n) is 2.90. The molecule has 1 aliphatic rings. The van der Waals surface area contributed by atoms with Crippen molar-refractivity contribution in [1.82, 2.24) is 5.32 Å². The van der Waals surface area contributed by atoms with Crippen LogP contribution >= 0.6 is 0 Å². The molecule has 0 saturated heterocycles. The standard InChI is InChI=1S/C13H18N2O2/c1-9-7-11(5-6-12(9)17-2)15-13(16)14-8-10-3-4-10/h5-7,10H,3-4,8H2,1-2H3,(H2,14,15,16). The average molecular weight is 234 g/mol. The lowest BCUT2D eigenvalue weighted by atomic mass is 10.2. The number of anilines is 1. The van der Waals surface area contributed by atoms with Crippen LogP contribution in [0.25, 0.3) is 0 Å². The Morgan fingerprint density at radius 3 is 2.82 bits per heavy atom. The van der Waals surface area contributed by atoms with E-state index in [1.165, 1.54) is 12.8 Å². The number of aryl methyl sites for hydroxylation is 1. The Labute approximate surface area is 101 Å². The number of hydrogen-bond acceptors (Lipinski definition) is 2. The van der Waals surface area contributed by atoms with Gasteiger partial charge in [0.2, 0.25) is 0 Å². The van der Waals surface area contributed by atoms with Gasteiger partial charge in [0.05, 0.1) is 7.11 Å². The van der Waals surface area contributed by atoms with E-state index in [-0.39, 0.29) is 6.03 Å². The minimum absolute atomic E-state index is 0.138. The minimum atomic E-state index is -0.138. The van der Waals surface area contributed by atoms with Gasteiger partial charge in [0, 0.05) is 12.2 Å². The molecular formula is C13H18N2O2. The molecule has 4 heteroatoms. The maximum absolute atomic E-state index is 11.6. The number of rotatable bonds is 4. The van der Waals surface area contributed by atoms with Crippen molar-refractivity contribution >= 4 is 11.7 Å². The third-order valence-corrected chi connectivity index (χ3v) is 2.90. The van der Waals surface area contributed by atoms with Gasteiger partial charge in [-0.05, 0) is 49.4 Å². The predicted octanol–water partition coefficient (Wildman–Crippen LogP) is 2.54. The topological polar surface area (TPSA) is 50.4 Å². The highest BCUT2D eigenvalue weighted by Crippen LogP contribution is 2.27. The summed E-state index contributed by atoms with van der Waals surface area (Å²) in [4.78, 5) is 11.6. The molecule has 92 valence electrons. The van der Waals surface area contributed by atoms with Crippen molar-refractivity contribution in [1.29, 1.82) is 0 Å². The van der Waals surface area contributed by atoms with Gasteiger partial charge in [0.1, 0.15) is 5.75 Å². The van der Waals surface area contributed by atoms with Crippen LogP contribution < -0.4 is 15.4 Å². The maximum atomic E-state index is 11.6. The number of ether oxygens (including phenoxy) is 1. The molecule has 0 heterocycles. The fourth-order valence-corrected chi connectivity index (χ4v) is 1.69. The molecule has 0 aliphatic heterocycles. The number of nitrogens with one attached hydrogen (secondary N) is 2. The lowest BCUT2D eigenvalue weighted by molar-refractivity contribution is 0.251. The first-order valence-corrected chi connectivity index (χ1v) is 5.88. The first-order chi connectivity index (χ1) is 8.19. The summed E-state index contributed by atoms with van der Waals surface area (Å²) in [5.74, 6) is 1.52. The van der Waals surface area contributed by atoms with Gasteiger partial charge in [-0.3, -0.25) is 0 Å². The van der Waals surface area contributed by atoms with E-state index in [9.17, 15) is 4.79 Å². The molecule has 0 radical (unpaired) electrons. The van der Waals surface area contributed by atoms with Gasteiger partial charge in [-0.2, -0.15) is 0 Å². The zero-order valence-corrected chi connectivity index (χ0v) is 10.2. The summed E-state index contributed by atoms with van der Waals surface area (Å²) in [6, 6.07) is 5.45. The molecule has 2 N–H and O–H groups in total. The Morgan fingerprint density at radius 2 is 2.24 bits per heavy atom. The maximum Gasteiger partial charge on any atom is 0.319 e. The number of carbonyl (C=O) groups excluding carboxylic acids is 1. The predicted molar refractivity (Wildman–Crippen MR) is 67.5 cm³/mol. The van der Waals surface area contributed by atoms with Gasteiger partial charge in [0.15, 0.2) is 0 Å². The zero-order valence-electron chi connectivity index (χ0n) is 10.2. The fraction of sp³-hybridized carbons (Fsp3) is 0.462. The van der Waals surface area contributed by atoms with Crippen molar-refractivity contribution < 1.29 is 9.53 Å². The van der Waals surface area contributed by atoms with Crippen molar-refractivity contribution in [3.8, 4) is 5.75 Å². The summed E-state index contributed by atoms with van der Waals surface area (Å²) in [6.07, 6.45) is 2.48. The van der Waals surface area contributed by atoms with Gasteiger partial charge in [-0.25, -0.2) is 4.79 Å². The summed E-state index contributed by atoms with van der Waals surface area (Å²) in [7, 11) is 1.64. The molecule has 17 heavy (non-hydrogen) atoms. The van der Waals surface area contributed by atoms with Gasteiger partial charge < -0.3 is 15.4 Å². The molecule has 0 unspecified atom stereocenters. The van der Waals surface area contributed by atoms with E-state index in [1.54, 1.807) is 7.11 Å². The van der Waals surface area contributed by atoms with Crippen molar-refractivity contribution in [2.75, 3.05) is 19.0 Å². The second-order valence-corrected chi connectivity index (χ2v) is 4.46. The first-order valence-electron chi connectivity index (χ1n) is 5.88. The first kappa shape index (κ1) is 11.8. The van der Waals surface area contributed by atoms with E-state index in [1.807, 2.05) is 25.1 Å². The molecule has 1 saturated carbocycles. The fourth-order valence-electron chi connectivity index (χ4n) is 1.69. The quantitative estimate of drug-likeness (QED) is 0.841. The monoisotopic (exact) mass is 234 g/mol. The van der Waals surface area contributed by atoms with Crippen LogP contribution in [-0.2, 0) is 0 Å². The van der Waals surface area contributed by atoms with E-state index in [4.69, 9.17) is 4.74 Å². The average Bonchev–Trinajstić information content (AvgIpc) is 3.10. The van der Waals surface area contributed by atoms with Crippen LogP contribution in [0.2, 0.25) is 0 Å². The number of urea groups is 1. The molecule has 0 bridgehead atoms. The van der Waals surface area contributed by atoms with E-state index in [2.05, 4.69) is 10.6 Å². The largest absolute Gasteiger partial charge is 0.496 e. The third kappa shape index (κ3) is 3.37. The number of amides is 2. The van der Waals surface area contributed by atoms with Crippen molar-refractivity contribution in [3.05, 3.63) is 23.8 Å². The SMILES string of the molecule is COc1ccc(NC(=O)NCC2CC2)cc1C. The van der Waals surface area contributed by atoms with Gasteiger partial charge >= 0.3 is 6.03 Å². The van der Waals surface area contributed by atoms with Gasteiger partial charge in [-0.1, -0.05) is 0 Å². The highest BCUT2D eigenvalue weighted by atomic mass is 16.5. The molecule has 1 fully saturated rings. The Kier molecular flexibility index (Phi) is 3.52. The van der Waals surface area contributed by atoms with Crippen molar-refractivity contribution in [2.45, 2.75) is 19.8 Å². The molecule has 1 aromatic carbocycles. The highest BCUT2D eigenvalue weighted by Gasteiger charge is 2.21. The molecule has 1 aliphatic carbocycles. The van der Waals surface area contributed by atoms with Crippen LogP contribution in [-0.4, -0.2) is 19.7 Å². The second-order valence-electron chi connectivity index (χ2n) is 4.46. The van der Waals surface area contributed by atoms with Crippen molar-refractivity contribution in [2.24, 2.45) is 5.92 Å². The normalized spacial score (nSPS) is 14.2. The van der Waals surface area contributed by atoms with E-state index < -0.39 is 0 Å². The van der Waals surface area contributed by atoms with Gasteiger partial charge in [0.25, 0.3) is 0 Å². The smallest absolute Gasteiger partial charge is 0.319 e. The number of benzene rings is 1. The molecular weight excluding hydrogens is 216 g/mol. The van der Waals surface area contributed by atoms with Crippen LogP contribution in [0.5, 0.6) is 5.75 Å². The molecule has 0 atom stereocenters. The molecule has 2 amide bonds. The summed E-state index contributed by atoms with van der Waals surface area (Å²) in [5.41, 5.74) is 1.80. The van der Waals surface area contributed by atoms with Crippen LogP contribution in [0.1, 0.15) is 18.4 Å². The summed E-state index contributed by atoms with van der Waals surface area (Å²) >= 11 is 0. The Bertz CT molecular complexity index is 414. The minimum Gasteiger partial charge on any atom is -0.496 e. The molecule has 0 spiro atoms. The van der Waals surface area contributed by atoms with Crippen LogP contribution in [0.15, 0.2) is 18.2 Å². The van der Waals surface area contributed by atoms with Crippen LogP contribution in [0, 0.1) is 12.8 Å². The van der Waals surface area contributed by atoms with E-state index in [0.29, 0.717) is 5.92 Å². The highest BCUT2D eigenvalue weighted by molar-refractivity contribution is 5.89. The molecule has 2 rings (SSSR count). The molecule has 1 aromatic rings. The van der Waals surface area contributed by atoms with Crippen molar-refractivity contribution in [3.63, 3.8) is 0 Å². The van der Waals surface area contributed by atoms with E-state index >= 15 is 0 Å². The lowest BCUT2D eigenvalue weighted by Crippen LogP contribution is -2.30. The Hall–Kier alpha value is -1.71. The summed E-state index contributed by atoms with van der Waals surface area (Å²) in [6.45, 7) is 2.73.